The zero-order valence-corrected chi connectivity index (χ0v) is 29.5. The van der Waals surface area contributed by atoms with Gasteiger partial charge in [0.15, 0.2) is 0 Å². The van der Waals surface area contributed by atoms with E-state index in [1.807, 2.05) is 13.8 Å². The molecular formula is C37H43BrF2N2O6. The summed E-state index contributed by atoms with van der Waals surface area (Å²) in [5.74, 6) is -0.635. The second kappa shape index (κ2) is 17.9. The first-order valence-corrected chi connectivity index (χ1v) is 17.5. The van der Waals surface area contributed by atoms with Gasteiger partial charge in [0.25, 0.3) is 5.91 Å². The monoisotopic (exact) mass is 728 g/mol. The fourth-order valence-corrected chi connectivity index (χ4v) is 5.97. The molecule has 3 aromatic carbocycles. The lowest BCUT2D eigenvalue weighted by molar-refractivity contribution is 0.0987. The predicted molar refractivity (Wildman–Crippen MR) is 189 cm³/mol. The maximum atomic E-state index is 14.2. The van der Waals surface area contributed by atoms with Gasteiger partial charge < -0.3 is 28.4 Å². The summed E-state index contributed by atoms with van der Waals surface area (Å²) in [4.78, 5) is 29.4. The zero-order chi connectivity index (χ0) is 34.6. The van der Waals surface area contributed by atoms with Crippen LogP contribution in [0.25, 0.3) is 16.6 Å². The Morgan fingerprint density at radius 1 is 0.792 bits per heavy atom. The van der Waals surface area contributed by atoms with E-state index < -0.39 is 23.0 Å². The Labute approximate surface area is 288 Å². The van der Waals surface area contributed by atoms with Crippen LogP contribution in [-0.2, 0) is 0 Å². The molecule has 0 aliphatic heterocycles. The lowest BCUT2D eigenvalue weighted by Gasteiger charge is -2.23. The summed E-state index contributed by atoms with van der Waals surface area (Å²) in [5.41, 5.74) is 0.143. The van der Waals surface area contributed by atoms with Crippen molar-refractivity contribution in [2.45, 2.75) is 59.3 Å². The van der Waals surface area contributed by atoms with Gasteiger partial charge in [0.2, 0.25) is 5.43 Å². The highest BCUT2D eigenvalue weighted by Crippen LogP contribution is 2.34. The lowest BCUT2D eigenvalue weighted by Crippen LogP contribution is -2.35. The van der Waals surface area contributed by atoms with Crippen molar-refractivity contribution in [1.82, 2.24) is 4.57 Å². The number of hydrogen-bond acceptors (Lipinski definition) is 6. The number of amides is 1. The fourth-order valence-electron chi connectivity index (χ4n) is 5.57. The van der Waals surface area contributed by atoms with Crippen LogP contribution >= 0.6 is 15.9 Å². The number of benzene rings is 3. The number of hydrogen-bond donors (Lipinski definition) is 0. The number of nitrogens with zero attached hydrogens (tertiary/aromatic N) is 2. The SMILES string of the molecule is CCOc1cc(OCC)cc(-n2cc(C(=O)N(CC)c3cc(F)cc(F)c3)c(=O)c3c(OC)cc(OCCCCCCCCBr)cc32)c1. The van der Waals surface area contributed by atoms with Crippen molar-refractivity contribution in [3.05, 3.63) is 82.1 Å². The predicted octanol–water partition coefficient (Wildman–Crippen LogP) is 8.86. The number of carbonyl (C=O) groups is 1. The average Bonchev–Trinajstić information content (AvgIpc) is 3.05. The molecule has 1 aromatic heterocycles. The van der Waals surface area contributed by atoms with E-state index in [2.05, 4.69) is 15.9 Å². The molecule has 4 aromatic rings. The van der Waals surface area contributed by atoms with E-state index >= 15 is 0 Å². The van der Waals surface area contributed by atoms with Gasteiger partial charge in [-0.2, -0.15) is 0 Å². The van der Waals surface area contributed by atoms with Crippen LogP contribution in [0.15, 0.2) is 59.5 Å². The summed E-state index contributed by atoms with van der Waals surface area (Å²) in [5, 5.41) is 1.16. The Hall–Kier alpha value is -4.12. The summed E-state index contributed by atoms with van der Waals surface area (Å²) >= 11 is 3.47. The molecular weight excluding hydrogens is 686 g/mol. The van der Waals surface area contributed by atoms with Crippen LogP contribution in [0.5, 0.6) is 23.0 Å². The number of pyridine rings is 1. The highest BCUT2D eigenvalue weighted by molar-refractivity contribution is 9.09. The Morgan fingerprint density at radius 3 is 1.98 bits per heavy atom. The first-order valence-electron chi connectivity index (χ1n) is 16.4. The topological polar surface area (TPSA) is 79.2 Å². The van der Waals surface area contributed by atoms with Crippen molar-refractivity contribution in [3.63, 3.8) is 0 Å². The van der Waals surface area contributed by atoms with Gasteiger partial charge in [0.05, 0.1) is 43.5 Å². The minimum Gasteiger partial charge on any atom is -0.496 e. The van der Waals surface area contributed by atoms with Gasteiger partial charge in [-0.25, -0.2) is 8.78 Å². The molecule has 0 aliphatic carbocycles. The second-order valence-corrected chi connectivity index (χ2v) is 11.9. The Morgan fingerprint density at radius 2 is 1.40 bits per heavy atom. The normalized spacial score (nSPS) is 11.1. The Balaban J connectivity index is 1.86. The molecule has 0 saturated heterocycles. The van der Waals surface area contributed by atoms with Crippen molar-refractivity contribution < 1.29 is 32.5 Å². The van der Waals surface area contributed by atoms with E-state index in [4.69, 9.17) is 18.9 Å². The van der Waals surface area contributed by atoms with Crippen LogP contribution in [0.3, 0.4) is 0 Å². The first-order chi connectivity index (χ1) is 23.2. The molecule has 0 bridgehead atoms. The number of anilines is 1. The van der Waals surface area contributed by atoms with Gasteiger partial charge in [0, 0.05) is 60.2 Å². The van der Waals surface area contributed by atoms with Crippen molar-refractivity contribution in [2.24, 2.45) is 0 Å². The third-order valence-electron chi connectivity index (χ3n) is 7.78. The Kier molecular flexibility index (Phi) is 13.7. The molecule has 0 radical (unpaired) electrons. The van der Waals surface area contributed by atoms with Crippen LogP contribution in [0, 0.1) is 11.6 Å². The molecule has 8 nitrogen and oxygen atoms in total. The fraction of sp³-hybridized carbons (Fsp3) is 0.405. The maximum absolute atomic E-state index is 14.2. The largest absolute Gasteiger partial charge is 0.496 e. The van der Waals surface area contributed by atoms with Crippen molar-refractivity contribution in [1.29, 1.82) is 0 Å². The van der Waals surface area contributed by atoms with Gasteiger partial charge in [-0.3, -0.25) is 9.59 Å². The third-order valence-corrected chi connectivity index (χ3v) is 8.34. The third kappa shape index (κ3) is 9.06. The zero-order valence-electron chi connectivity index (χ0n) is 28.0. The quantitative estimate of drug-likeness (QED) is 0.0753. The standard InChI is InChI=1S/C37H43BrF2N2O6/c1-5-41(27-17-25(39)16-26(40)18-27)37(44)32-24-42(28-19-29(46-6-2)21-30(20-28)47-7-3)33-22-31(23-34(45-4)35(33)36(32)43)48-15-13-11-9-8-10-12-14-38/h16-24H,5-15H2,1-4H3. The van der Waals surface area contributed by atoms with E-state index in [0.717, 1.165) is 47.7 Å². The lowest BCUT2D eigenvalue weighted by atomic mass is 10.1. The number of aromatic nitrogens is 1. The van der Waals surface area contributed by atoms with Gasteiger partial charge in [0.1, 0.15) is 40.2 Å². The van der Waals surface area contributed by atoms with E-state index in [0.29, 0.717) is 48.3 Å². The highest BCUT2D eigenvalue weighted by Gasteiger charge is 2.25. The summed E-state index contributed by atoms with van der Waals surface area (Å²) in [7, 11) is 1.44. The molecule has 0 aliphatic rings. The van der Waals surface area contributed by atoms with Crippen LogP contribution in [0.1, 0.15) is 69.7 Å². The average molecular weight is 730 g/mol. The molecule has 11 heteroatoms. The van der Waals surface area contributed by atoms with Gasteiger partial charge in [-0.05, 0) is 45.7 Å². The number of ether oxygens (including phenoxy) is 4. The number of methoxy groups -OCH3 is 1. The van der Waals surface area contributed by atoms with Gasteiger partial charge in [-0.1, -0.05) is 41.6 Å². The maximum Gasteiger partial charge on any atom is 0.263 e. The van der Waals surface area contributed by atoms with Crippen molar-refractivity contribution in [2.75, 3.05) is 43.7 Å². The smallest absolute Gasteiger partial charge is 0.263 e. The van der Waals surface area contributed by atoms with Crippen molar-refractivity contribution >= 4 is 38.4 Å². The molecule has 0 N–H and O–H groups in total. The molecule has 48 heavy (non-hydrogen) atoms. The number of halogens is 3. The first kappa shape index (κ1) is 36.7. The molecule has 0 fully saturated rings. The highest BCUT2D eigenvalue weighted by atomic mass is 79.9. The van der Waals surface area contributed by atoms with Gasteiger partial charge in [-0.15, -0.1) is 0 Å². The molecule has 258 valence electrons. The van der Waals surface area contributed by atoms with E-state index in [-0.39, 0.29) is 28.9 Å². The molecule has 0 unspecified atom stereocenters. The number of fused-ring (bicyclic) bond motifs is 1. The van der Waals surface area contributed by atoms with Crippen LogP contribution in [0.2, 0.25) is 0 Å². The van der Waals surface area contributed by atoms with Crippen molar-refractivity contribution in [3.8, 4) is 28.7 Å². The summed E-state index contributed by atoms with van der Waals surface area (Å²) in [6.45, 7) is 6.73. The number of carbonyl (C=O) groups excluding carboxylic acids is 1. The molecule has 1 heterocycles. The minimum atomic E-state index is -0.841. The summed E-state index contributed by atoms with van der Waals surface area (Å²) in [6.07, 6.45) is 8.01. The number of alkyl halides is 1. The second-order valence-electron chi connectivity index (χ2n) is 11.1. The summed E-state index contributed by atoms with van der Waals surface area (Å²) in [6, 6.07) is 11.5. The molecule has 0 spiro atoms. The van der Waals surface area contributed by atoms with Gasteiger partial charge >= 0.3 is 0 Å². The Bertz CT molecular complexity index is 1720. The van der Waals surface area contributed by atoms with Crippen LogP contribution in [0.4, 0.5) is 14.5 Å². The van der Waals surface area contributed by atoms with E-state index in [9.17, 15) is 18.4 Å². The molecule has 4 rings (SSSR count). The molecule has 0 saturated carbocycles. The van der Waals surface area contributed by atoms with E-state index in [1.54, 1.807) is 41.8 Å². The number of unbranched alkanes of at least 4 members (excludes halogenated alkanes) is 5. The van der Waals surface area contributed by atoms with E-state index in [1.165, 1.54) is 32.6 Å². The molecule has 0 atom stereocenters. The summed E-state index contributed by atoms with van der Waals surface area (Å²) < 4.78 is 53.6. The van der Waals surface area contributed by atoms with Crippen LogP contribution in [-0.4, -0.2) is 49.3 Å². The molecule has 1 amide bonds. The minimum absolute atomic E-state index is 0.0122. The number of rotatable bonds is 18. The van der Waals surface area contributed by atoms with Crippen LogP contribution < -0.4 is 29.3 Å².